The van der Waals surface area contributed by atoms with Gasteiger partial charge in [-0.15, -0.1) is 0 Å². The van der Waals surface area contributed by atoms with Gasteiger partial charge in [0.25, 0.3) is 5.56 Å². The van der Waals surface area contributed by atoms with Gasteiger partial charge < -0.3 is 19.1 Å². The van der Waals surface area contributed by atoms with Crippen LogP contribution in [0.15, 0.2) is 59.5 Å². The van der Waals surface area contributed by atoms with Crippen molar-refractivity contribution in [3.63, 3.8) is 0 Å². The van der Waals surface area contributed by atoms with Crippen LogP contribution in [0.5, 0.6) is 11.8 Å². The average Bonchev–Trinajstić information content (AvgIpc) is 3.19. The first-order valence-electron chi connectivity index (χ1n) is 11.1. The zero-order valence-electron chi connectivity index (χ0n) is 19.4. The van der Waals surface area contributed by atoms with E-state index in [-0.39, 0.29) is 23.9 Å². The molecule has 36 heavy (non-hydrogen) atoms. The van der Waals surface area contributed by atoms with Crippen molar-refractivity contribution in [2.45, 2.75) is 20.1 Å². The molecule has 0 saturated carbocycles. The fourth-order valence-corrected chi connectivity index (χ4v) is 4.05. The minimum atomic E-state index is -2.96. The summed E-state index contributed by atoms with van der Waals surface area (Å²) in [5, 5.41) is 10.1. The van der Waals surface area contributed by atoms with Crippen molar-refractivity contribution in [1.82, 2.24) is 24.1 Å². The predicted molar refractivity (Wildman–Crippen MR) is 129 cm³/mol. The molecule has 2 aromatic carbocycles. The highest BCUT2D eigenvalue weighted by atomic mass is 19.3. The molecule has 0 atom stereocenters. The fourth-order valence-electron chi connectivity index (χ4n) is 4.05. The molecule has 5 rings (SSSR count). The van der Waals surface area contributed by atoms with Crippen LogP contribution in [-0.2, 0) is 13.7 Å². The molecule has 9 nitrogen and oxygen atoms in total. The number of hydrogen-bond acceptors (Lipinski definition) is 7. The van der Waals surface area contributed by atoms with E-state index in [1.165, 1.54) is 28.8 Å². The Morgan fingerprint density at radius 3 is 2.56 bits per heavy atom. The molecule has 0 radical (unpaired) electrons. The number of benzene rings is 2. The number of fused-ring (bicyclic) bond motifs is 2. The minimum absolute atomic E-state index is 0.0340. The fraction of sp³-hybridized carbons (Fsp3) is 0.200. The van der Waals surface area contributed by atoms with Crippen LogP contribution in [0.25, 0.3) is 38.9 Å². The lowest BCUT2D eigenvalue weighted by molar-refractivity contribution is -0.0498. The van der Waals surface area contributed by atoms with Crippen molar-refractivity contribution in [3.05, 3.63) is 70.9 Å². The molecule has 0 spiro atoms. The van der Waals surface area contributed by atoms with Crippen molar-refractivity contribution in [3.8, 4) is 28.6 Å². The van der Waals surface area contributed by atoms with E-state index in [0.29, 0.717) is 45.8 Å². The average molecular weight is 493 g/mol. The van der Waals surface area contributed by atoms with E-state index < -0.39 is 6.61 Å². The van der Waals surface area contributed by atoms with E-state index in [2.05, 4.69) is 19.7 Å². The number of halogens is 2. The first-order chi connectivity index (χ1) is 17.4. The van der Waals surface area contributed by atoms with Crippen LogP contribution >= 0.6 is 0 Å². The number of aromatic nitrogens is 5. The zero-order chi connectivity index (χ0) is 25.4. The Hall–Kier alpha value is -4.38. The van der Waals surface area contributed by atoms with E-state index in [4.69, 9.17) is 4.74 Å². The Balaban J connectivity index is 1.74. The van der Waals surface area contributed by atoms with Crippen LogP contribution in [0.3, 0.4) is 0 Å². The molecule has 11 heteroatoms. The van der Waals surface area contributed by atoms with Crippen LogP contribution in [0.4, 0.5) is 8.78 Å². The third-order valence-electron chi connectivity index (χ3n) is 5.74. The van der Waals surface area contributed by atoms with E-state index >= 15 is 0 Å². The van der Waals surface area contributed by atoms with Gasteiger partial charge in [-0.3, -0.25) is 9.36 Å². The van der Waals surface area contributed by atoms with E-state index in [1.54, 1.807) is 42.9 Å². The number of alkyl halides is 2. The Morgan fingerprint density at radius 2 is 1.86 bits per heavy atom. The number of pyridine rings is 1. The molecule has 3 heterocycles. The largest absolute Gasteiger partial charge is 0.464 e. The summed E-state index contributed by atoms with van der Waals surface area (Å²) in [4.78, 5) is 26.9. The molecule has 0 amide bonds. The van der Waals surface area contributed by atoms with E-state index in [0.717, 1.165) is 5.52 Å². The van der Waals surface area contributed by atoms with Gasteiger partial charge in [0.2, 0.25) is 0 Å². The molecule has 1 N–H and O–H groups in total. The van der Waals surface area contributed by atoms with Crippen LogP contribution in [0.2, 0.25) is 0 Å². The molecule has 0 unspecified atom stereocenters. The van der Waals surface area contributed by atoms with Gasteiger partial charge >= 0.3 is 12.6 Å². The van der Waals surface area contributed by atoms with Gasteiger partial charge in [-0.1, -0.05) is 6.07 Å². The van der Waals surface area contributed by atoms with Crippen molar-refractivity contribution in [2.75, 3.05) is 6.61 Å². The summed E-state index contributed by atoms with van der Waals surface area (Å²) in [6.45, 7) is -1.04. The maximum Gasteiger partial charge on any atom is 0.387 e. The number of aliphatic hydroxyl groups is 1. The zero-order valence-corrected chi connectivity index (χ0v) is 19.4. The SMILES string of the molecule is CCOc1ncc2cc(-c3ccc4nc(CO)n(C)c4c3)c(=O)n(-c3ccc(OC(F)F)cc3)c2n1. The quantitative estimate of drug-likeness (QED) is 0.368. The highest BCUT2D eigenvalue weighted by molar-refractivity contribution is 5.86. The van der Waals surface area contributed by atoms with Crippen LogP contribution in [-0.4, -0.2) is 42.4 Å². The maximum absolute atomic E-state index is 13.8. The molecular formula is C25H21F2N5O4. The van der Waals surface area contributed by atoms with Crippen molar-refractivity contribution in [1.29, 1.82) is 0 Å². The van der Waals surface area contributed by atoms with Crippen molar-refractivity contribution >= 4 is 22.1 Å². The van der Waals surface area contributed by atoms with E-state index in [9.17, 15) is 18.7 Å². The first-order valence-corrected chi connectivity index (χ1v) is 11.1. The summed E-state index contributed by atoms with van der Waals surface area (Å²) < 4.78 is 38.2. The number of hydrogen-bond donors (Lipinski definition) is 1. The third-order valence-corrected chi connectivity index (χ3v) is 5.74. The van der Waals surface area contributed by atoms with Crippen LogP contribution in [0, 0.1) is 0 Å². The van der Waals surface area contributed by atoms with Gasteiger partial charge in [0.15, 0.2) is 5.65 Å². The molecule has 5 aromatic rings. The summed E-state index contributed by atoms with van der Waals surface area (Å²) in [6.07, 6.45) is 1.56. The molecule has 3 aromatic heterocycles. The topological polar surface area (TPSA) is 104 Å². The molecule has 0 aliphatic carbocycles. The Morgan fingerprint density at radius 1 is 1.08 bits per heavy atom. The Kier molecular flexibility index (Phi) is 6.06. The van der Waals surface area contributed by atoms with Crippen LogP contribution < -0.4 is 15.0 Å². The standard InChI is InChI=1S/C25H21F2N5O4/c1-3-35-25-28-12-15-10-18(14-4-9-19-20(11-14)31(2)21(13-33)29-19)23(34)32(22(15)30-25)16-5-7-17(8-6-16)36-24(26)27/h4-12,24,33H,3,13H2,1-2H3. The van der Waals surface area contributed by atoms with Gasteiger partial charge in [0.05, 0.1) is 23.3 Å². The second-order valence-electron chi connectivity index (χ2n) is 7.88. The predicted octanol–water partition coefficient (Wildman–Crippen LogP) is 3.83. The second-order valence-corrected chi connectivity index (χ2v) is 7.88. The van der Waals surface area contributed by atoms with Gasteiger partial charge in [-0.05, 0) is 55.0 Å². The molecule has 0 fully saturated rings. The number of rotatable bonds is 7. The maximum atomic E-state index is 13.8. The monoisotopic (exact) mass is 493 g/mol. The van der Waals surface area contributed by atoms with E-state index in [1.807, 2.05) is 6.07 Å². The smallest absolute Gasteiger partial charge is 0.387 e. The third kappa shape index (κ3) is 4.13. The molecule has 0 bridgehead atoms. The number of aryl methyl sites for hydroxylation is 1. The highest BCUT2D eigenvalue weighted by Gasteiger charge is 2.17. The normalized spacial score (nSPS) is 11.5. The number of aliphatic hydroxyl groups excluding tert-OH is 1. The van der Waals surface area contributed by atoms with Gasteiger partial charge in [-0.2, -0.15) is 13.8 Å². The summed E-state index contributed by atoms with van der Waals surface area (Å²) >= 11 is 0. The molecular weight excluding hydrogens is 472 g/mol. The highest BCUT2D eigenvalue weighted by Crippen LogP contribution is 2.27. The minimum Gasteiger partial charge on any atom is -0.464 e. The Bertz CT molecular complexity index is 1630. The summed E-state index contributed by atoms with van der Waals surface area (Å²) in [5.41, 5.74) is 2.76. The summed E-state index contributed by atoms with van der Waals surface area (Å²) in [6, 6.07) is 12.9. The van der Waals surface area contributed by atoms with Crippen molar-refractivity contribution < 1.29 is 23.4 Å². The Labute approximate surface area is 203 Å². The lowest BCUT2D eigenvalue weighted by Gasteiger charge is -2.14. The molecule has 0 saturated heterocycles. The summed E-state index contributed by atoms with van der Waals surface area (Å²) in [7, 11) is 1.79. The molecule has 184 valence electrons. The lowest BCUT2D eigenvalue weighted by Crippen LogP contribution is -2.21. The lowest BCUT2D eigenvalue weighted by atomic mass is 10.0. The molecule has 0 aliphatic heterocycles. The number of ether oxygens (including phenoxy) is 2. The van der Waals surface area contributed by atoms with Gasteiger partial charge in [0, 0.05) is 24.2 Å². The first kappa shape index (κ1) is 23.4. The van der Waals surface area contributed by atoms with Crippen LogP contribution in [0.1, 0.15) is 12.7 Å². The van der Waals surface area contributed by atoms with Gasteiger partial charge in [-0.25, -0.2) is 9.97 Å². The van der Waals surface area contributed by atoms with Gasteiger partial charge in [0.1, 0.15) is 18.2 Å². The van der Waals surface area contributed by atoms with Crippen molar-refractivity contribution in [2.24, 2.45) is 7.05 Å². The second kappa shape index (κ2) is 9.34. The molecule has 0 aliphatic rings. The number of nitrogens with zero attached hydrogens (tertiary/aromatic N) is 5. The number of imidazole rings is 1. The summed E-state index contributed by atoms with van der Waals surface area (Å²) in [5.74, 6) is 0.467.